The van der Waals surface area contributed by atoms with Crippen LogP contribution in [0, 0.1) is 0 Å². The molecule has 190 valence electrons. The Balaban J connectivity index is 1.21. The summed E-state index contributed by atoms with van der Waals surface area (Å²) in [5.41, 5.74) is 3.53. The molecule has 1 saturated heterocycles. The first-order valence-corrected chi connectivity index (χ1v) is 13.0. The van der Waals surface area contributed by atoms with Crippen molar-refractivity contribution in [3.05, 3.63) is 114 Å². The molecule has 5 nitrogen and oxygen atoms in total. The van der Waals surface area contributed by atoms with Gasteiger partial charge in [-0.15, -0.1) is 0 Å². The van der Waals surface area contributed by atoms with Crippen LogP contribution >= 0.6 is 0 Å². The lowest BCUT2D eigenvalue weighted by atomic mass is 9.87. The minimum absolute atomic E-state index is 0.100. The van der Waals surface area contributed by atoms with Gasteiger partial charge in [0, 0.05) is 19.0 Å². The SMILES string of the molecule is O=C([O-])N1CCC(c2ccc(OCCCc3ccccc3)cc2)C(OCc2ccc3ccccc3c2)C1. The number of fused-ring (bicyclic) bond motifs is 1. The van der Waals surface area contributed by atoms with E-state index >= 15 is 0 Å². The lowest BCUT2D eigenvalue weighted by molar-refractivity contribution is -0.268. The molecule has 0 aliphatic carbocycles. The van der Waals surface area contributed by atoms with E-state index in [4.69, 9.17) is 9.47 Å². The Morgan fingerprint density at radius 1 is 0.865 bits per heavy atom. The summed E-state index contributed by atoms with van der Waals surface area (Å²) < 4.78 is 12.3. The first-order valence-electron chi connectivity index (χ1n) is 13.0. The van der Waals surface area contributed by atoms with Gasteiger partial charge < -0.3 is 24.3 Å². The quantitative estimate of drug-likeness (QED) is 0.286. The van der Waals surface area contributed by atoms with Crippen LogP contribution in [0.25, 0.3) is 10.8 Å². The minimum Gasteiger partial charge on any atom is -0.530 e. The van der Waals surface area contributed by atoms with E-state index in [0.717, 1.165) is 29.7 Å². The zero-order chi connectivity index (χ0) is 25.5. The van der Waals surface area contributed by atoms with E-state index in [1.807, 2.05) is 30.3 Å². The van der Waals surface area contributed by atoms with E-state index < -0.39 is 6.09 Å². The van der Waals surface area contributed by atoms with Crippen LogP contribution in [0.2, 0.25) is 0 Å². The Hall–Kier alpha value is -3.83. The third kappa shape index (κ3) is 6.49. The van der Waals surface area contributed by atoms with E-state index in [2.05, 4.69) is 66.7 Å². The molecule has 1 amide bonds. The van der Waals surface area contributed by atoms with Gasteiger partial charge in [0.2, 0.25) is 0 Å². The van der Waals surface area contributed by atoms with Crippen LogP contribution in [0.1, 0.15) is 35.4 Å². The van der Waals surface area contributed by atoms with Gasteiger partial charge in [-0.1, -0.05) is 78.9 Å². The van der Waals surface area contributed by atoms with Gasteiger partial charge in [-0.3, -0.25) is 0 Å². The fourth-order valence-electron chi connectivity index (χ4n) is 5.09. The average Bonchev–Trinajstić information content (AvgIpc) is 2.95. The average molecular weight is 495 g/mol. The molecule has 0 aromatic heterocycles. The number of nitrogens with zero attached hydrogens (tertiary/aromatic N) is 1. The van der Waals surface area contributed by atoms with Gasteiger partial charge >= 0.3 is 0 Å². The molecule has 1 aliphatic rings. The lowest BCUT2D eigenvalue weighted by Crippen LogP contribution is -2.51. The predicted octanol–water partition coefficient (Wildman–Crippen LogP) is 5.57. The fraction of sp³-hybridized carbons (Fsp3) is 0.281. The van der Waals surface area contributed by atoms with Gasteiger partial charge in [-0.2, -0.15) is 0 Å². The van der Waals surface area contributed by atoms with E-state index in [-0.39, 0.29) is 12.0 Å². The zero-order valence-corrected chi connectivity index (χ0v) is 20.9. The van der Waals surface area contributed by atoms with Crippen molar-refractivity contribution in [3.63, 3.8) is 0 Å². The fourth-order valence-corrected chi connectivity index (χ4v) is 5.09. The van der Waals surface area contributed by atoms with Crippen molar-refractivity contribution in [1.29, 1.82) is 0 Å². The number of likely N-dealkylation sites (tertiary alicyclic amines) is 1. The summed E-state index contributed by atoms with van der Waals surface area (Å²) in [7, 11) is 0. The second-order valence-corrected chi connectivity index (χ2v) is 9.64. The van der Waals surface area contributed by atoms with Crippen molar-refractivity contribution in [2.45, 2.75) is 37.9 Å². The Bertz CT molecular complexity index is 1310. The van der Waals surface area contributed by atoms with Crippen LogP contribution in [0.5, 0.6) is 5.75 Å². The smallest absolute Gasteiger partial charge is 0.137 e. The molecule has 0 radical (unpaired) electrons. The van der Waals surface area contributed by atoms with Crippen LogP contribution in [0.3, 0.4) is 0 Å². The summed E-state index contributed by atoms with van der Waals surface area (Å²) in [6.45, 7) is 1.84. The van der Waals surface area contributed by atoms with Crippen LogP contribution < -0.4 is 9.84 Å². The number of aryl methyl sites for hydroxylation is 1. The number of amides is 1. The van der Waals surface area contributed by atoms with E-state index in [9.17, 15) is 9.90 Å². The van der Waals surface area contributed by atoms with E-state index in [0.29, 0.717) is 32.7 Å². The highest BCUT2D eigenvalue weighted by atomic mass is 16.5. The monoisotopic (exact) mass is 494 g/mol. The number of benzene rings is 4. The zero-order valence-electron chi connectivity index (χ0n) is 20.9. The largest absolute Gasteiger partial charge is 0.530 e. The third-order valence-electron chi connectivity index (χ3n) is 7.12. The van der Waals surface area contributed by atoms with E-state index in [1.54, 1.807) is 0 Å². The Labute approximate surface area is 218 Å². The summed E-state index contributed by atoms with van der Waals surface area (Å²) >= 11 is 0. The molecular formula is C32H32NO4-. The topological polar surface area (TPSA) is 61.8 Å². The number of hydrogen-bond acceptors (Lipinski definition) is 4. The van der Waals surface area contributed by atoms with Gasteiger partial charge in [-0.05, 0) is 64.9 Å². The molecule has 1 fully saturated rings. The summed E-state index contributed by atoms with van der Waals surface area (Å²) in [6, 6.07) is 33.1. The summed E-state index contributed by atoms with van der Waals surface area (Å²) in [4.78, 5) is 12.9. The molecule has 0 N–H and O–H groups in total. The van der Waals surface area contributed by atoms with Gasteiger partial charge in [0.25, 0.3) is 0 Å². The van der Waals surface area contributed by atoms with Crippen molar-refractivity contribution in [1.82, 2.24) is 4.90 Å². The number of carbonyl (C=O) groups excluding carboxylic acids is 1. The Morgan fingerprint density at radius 2 is 1.62 bits per heavy atom. The third-order valence-corrected chi connectivity index (χ3v) is 7.12. The minimum atomic E-state index is -1.14. The maximum absolute atomic E-state index is 11.6. The molecule has 1 aliphatic heterocycles. The van der Waals surface area contributed by atoms with Crippen LogP contribution in [0.15, 0.2) is 97.1 Å². The standard InChI is InChI=1S/C32H33NO4/c34-32(35)33-19-18-30(31(22-33)37-23-25-12-13-26-10-4-5-11-28(26)21-25)27-14-16-29(17-15-27)36-20-6-9-24-7-2-1-3-8-24/h1-5,7-8,10-17,21,30-31H,6,9,18-20,22-23H2,(H,34,35)/p-1. The van der Waals surface area contributed by atoms with Crippen LogP contribution in [-0.4, -0.2) is 36.8 Å². The van der Waals surface area contributed by atoms with Crippen LogP contribution in [0.4, 0.5) is 4.79 Å². The molecule has 0 saturated carbocycles. The molecule has 0 bridgehead atoms. The molecular weight excluding hydrogens is 462 g/mol. The van der Waals surface area contributed by atoms with E-state index in [1.165, 1.54) is 21.2 Å². The first kappa shape index (κ1) is 24.8. The molecule has 4 aromatic carbocycles. The van der Waals surface area contributed by atoms with Gasteiger partial charge in [0.15, 0.2) is 0 Å². The number of hydrogen-bond donors (Lipinski definition) is 0. The Morgan fingerprint density at radius 3 is 2.41 bits per heavy atom. The highest BCUT2D eigenvalue weighted by Crippen LogP contribution is 2.32. The highest BCUT2D eigenvalue weighted by molar-refractivity contribution is 5.82. The molecule has 0 spiro atoms. The number of ether oxygens (including phenoxy) is 2. The maximum atomic E-state index is 11.6. The lowest BCUT2D eigenvalue weighted by Gasteiger charge is -2.40. The molecule has 5 rings (SSSR count). The number of piperidine rings is 1. The van der Waals surface area contributed by atoms with Crippen molar-refractivity contribution in [2.75, 3.05) is 19.7 Å². The van der Waals surface area contributed by atoms with Crippen molar-refractivity contribution >= 4 is 16.9 Å². The molecule has 2 unspecified atom stereocenters. The maximum Gasteiger partial charge on any atom is 0.137 e. The predicted molar refractivity (Wildman–Crippen MR) is 144 cm³/mol. The van der Waals surface area contributed by atoms with Crippen molar-refractivity contribution in [2.24, 2.45) is 0 Å². The van der Waals surface area contributed by atoms with Gasteiger partial charge in [0.05, 0.1) is 19.3 Å². The number of carboxylic acid groups (broad SMARTS) is 1. The summed E-state index contributed by atoms with van der Waals surface area (Å²) in [5, 5.41) is 13.9. The van der Waals surface area contributed by atoms with Crippen LogP contribution in [-0.2, 0) is 17.8 Å². The molecule has 4 aromatic rings. The summed E-state index contributed by atoms with van der Waals surface area (Å²) in [5.74, 6) is 0.945. The Kier molecular flexibility index (Phi) is 8.02. The normalized spacial score (nSPS) is 17.6. The molecule has 1 heterocycles. The summed E-state index contributed by atoms with van der Waals surface area (Å²) in [6.07, 6.45) is 1.24. The van der Waals surface area contributed by atoms with Gasteiger partial charge in [0.1, 0.15) is 11.8 Å². The molecule has 5 heteroatoms. The molecule has 37 heavy (non-hydrogen) atoms. The van der Waals surface area contributed by atoms with Crippen molar-refractivity contribution in [3.8, 4) is 5.75 Å². The second-order valence-electron chi connectivity index (χ2n) is 9.64. The number of carbonyl (C=O) groups is 1. The van der Waals surface area contributed by atoms with Gasteiger partial charge in [-0.25, -0.2) is 0 Å². The second kappa shape index (κ2) is 11.9. The van der Waals surface area contributed by atoms with Crippen molar-refractivity contribution < 1.29 is 19.4 Å². The highest BCUT2D eigenvalue weighted by Gasteiger charge is 2.31. The number of rotatable bonds is 9. The first-order chi connectivity index (χ1) is 18.2. The molecule has 2 atom stereocenters.